The Morgan fingerprint density at radius 3 is 2.34 bits per heavy atom. The molecular weight excluding hydrogens is 428 g/mol. The van der Waals surface area contributed by atoms with E-state index in [-0.39, 0.29) is 22.5 Å². The summed E-state index contributed by atoms with van der Waals surface area (Å²) < 4.78 is 16.5. The zero-order valence-corrected chi connectivity index (χ0v) is 16.3. The second kappa shape index (κ2) is 8.30. The van der Waals surface area contributed by atoms with Crippen LogP contribution in [0.1, 0.15) is 0 Å². The van der Waals surface area contributed by atoms with E-state index >= 15 is 0 Å². The highest BCUT2D eigenvalue weighted by Gasteiger charge is 2.47. The number of ether oxygens (including phenoxy) is 2. The van der Waals surface area contributed by atoms with Gasteiger partial charge in [-0.2, -0.15) is 0 Å². The van der Waals surface area contributed by atoms with Gasteiger partial charge in [0.2, 0.25) is 12.0 Å². The lowest BCUT2D eigenvalue weighted by Crippen LogP contribution is -2.40. The van der Waals surface area contributed by atoms with Crippen molar-refractivity contribution in [2.75, 3.05) is 6.61 Å². The zero-order chi connectivity index (χ0) is 23.2. The van der Waals surface area contributed by atoms with Crippen LogP contribution in [0.2, 0.25) is 0 Å². The Labute approximate surface area is 179 Å². The summed E-state index contributed by atoms with van der Waals surface area (Å²) in [6.45, 7) is -0.751. The number of aliphatic hydroxyl groups excluding tert-OH is 4. The maximum atomic E-state index is 12.7. The summed E-state index contributed by atoms with van der Waals surface area (Å²) in [6.07, 6.45) is -7.82. The lowest BCUT2D eigenvalue weighted by molar-refractivity contribution is -0.137. The molecule has 0 spiro atoms. The third-order valence-electron chi connectivity index (χ3n) is 5.12. The first-order valence-corrected chi connectivity index (χ1v) is 9.50. The van der Waals surface area contributed by atoms with Crippen molar-refractivity contribution in [3.05, 3.63) is 46.6 Å². The Kier molecular flexibility index (Phi) is 5.67. The molecule has 11 heteroatoms. The molecular formula is C21H20O11. The first-order valence-electron chi connectivity index (χ1n) is 9.50. The van der Waals surface area contributed by atoms with Gasteiger partial charge in [0, 0.05) is 17.7 Å². The van der Waals surface area contributed by atoms with Crippen LogP contribution in [0.25, 0.3) is 22.3 Å². The van der Waals surface area contributed by atoms with Gasteiger partial charge in [-0.15, -0.1) is 0 Å². The molecule has 3 aromatic rings. The molecule has 1 aliphatic rings. The van der Waals surface area contributed by atoms with E-state index in [1.54, 1.807) is 0 Å². The first-order chi connectivity index (χ1) is 15.2. The molecule has 7 N–H and O–H groups in total. The molecule has 32 heavy (non-hydrogen) atoms. The number of aromatic hydroxyl groups is 3. The molecule has 5 atom stereocenters. The van der Waals surface area contributed by atoms with Gasteiger partial charge in [-0.1, -0.05) is 0 Å². The molecule has 1 fully saturated rings. The van der Waals surface area contributed by atoms with Crippen molar-refractivity contribution in [3.8, 4) is 34.3 Å². The van der Waals surface area contributed by atoms with E-state index in [0.717, 1.165) is 12.1 Å². The second-order valence-electron chi connectivity index (χ2n) is 7.29. The van der Waals surface area contributed by atoms with Gasteiger partial charge in [0.05, 0.1) is 6.61 Å². The average Bonchev–Trinajstić information content (AvgIpc) is 3.04. The number of aliphatic hydroxyl groups is 4. The summed E-state index contributed by atoms with van der Waals surface area (Å²) in [4.78, 5) is 12.7. The predicted octanol–water partition coefficient (Wildman–Crippen LogP) is -0.245. The number of benzene rings is 2. The number of rotatable bonds is 5. The third kappa shape index (κ3) is 3.72. The van der Waals surface area contributed by atoms with Crippen LogP contribution in [0.4, 0.5) is 0 Å². The molecule has 1 saturated heterocycles. The predicted molar refractivity (Wildman–Crippen MR) is 107 cm³/mol. The summed E-state index contributed by atoms with van der Waals surface area (Å²) in [5, 5.41) is 68.8. The first kappa shape index (κ1) is 21.9. The number of fused-ring (bicyclic) bond motifs is 1. The van der Waals surface area contributed by atoms with E-state index in [4.69, 9.17) is 19.0 Å². The normalized spacial score (nSPS) is 24.0. The molecule has 0 amide bonds. The highest BCUT2D eigenvalue weighted by atomic mass is 16.7. The highest BCUT2D eigenvalue weighted by molar-refractivity contribution is 5.91. The fraction of sp³-hybridized carbons (Fsp3) is 0.286. The maximum Gasteiger partial charge on any atom is 0.229 e. The molecule has 0 aliphatic carbocycles. The minimum absolute atomic E-state index is 0.0123. The molecule has 2 heterocycles. The average molecular weight is 448 g/mol. The fourth-order valence-electron chi connectivity index (χ4n) is 3.47. The van der Waals surface area contributed by atoms with Crippen LogP contribution in [-0.2, 0) is 4.74 Å². The van der Waals surface area contributed by atoms with Crippen LogP contribution in [0.3, 0.4) is 0 Å². The Hall–Kier alpha value is -3.35. The van der Waals surface area contributed by atoms with Crippen LogP contribution in [0.5, 0.6) is 23.0 Å². The number of phenolic OH excluding ortho intramolecular Hbond substituents is 3. The number of phenols is 3. The molecule has 4 rings (SSSR count). The van der Waals surface area contributed by atoms with Gasteiger partial charge in [0.15, 0.2) is 16.8 Å². The number of hydrogen-bond donors (Lipinski definition) is 7. The van der Waals surface area contributed by atoms with Crippen LogP contribution in [0.15, 0.2) is 45.6 Å². The van der Waals surface area contributed by atoms with Crippen molar-refractivity contribution in [3.63, 3.8) is 0 Å². The van der Waals surface area contributed by atoms with Gasteiger partial charge in [0.1, 0.15) is 47.1 Å². The Morgan fingerprint density at radius 2 is 1.69 bits per heavy atom. The van der Waals surface area contributed by atoms with Crippen LogP contribution >= 0.6 is 0 Å². The van der Waals surface area contributed by atoms with Gasteiger partial charge in [0.25, 0.3) is 0 Å². The number of hydrogen-bond acceptors (Lipinski definition) is 11. The van der Waals surface area contributed by atoms with Crippen molar-refractivity contribution < 1.29 is 49.6 Å². The van der Waals surface area contributed by atoms with Gasteiger partial charge in [-0.3, -0.25) is 4.79 Å². The van der Waals surface area contributed by atoms with Crippen molar-refractivity contribution in [2.45, 2.75) is 30.7 Å². The Balaban J connectivity index is 1.80. The van der Waals surface area contributed by atoms with Crippen LogP contribution < -0.4 is 10.2 Å². The molecule has 170 valence electrons. The van der Waals surface area contributed by atoms with Gasteiger partial charge < -0.3 is 49.6 Å². The highest BCUT2D eigenvalue weighted by Crippen LogP contribution is 2.42. The second-order valence-corrected chi connectivity index (χ2v) is 7.29. The van der Waals surface area contributed by atoms with Crippen molar-refractivity contribution in [1.82, 2.24) is 0 Å². The largest absolute Gasteiger partial charge is 0.508 e. The lowest BCUT2D eigenvalue weighted by Gasteiger charge is -2.19. The van der Waals surface area contributed by atoms with Crippen LogP contribution in [0, 0.1) is 0 Å². The quantitative estimate of drug-likeness (QED) is 0.272. The van der Waals surface area contributed by atoms with Gasteiger partial charge in [-0.25, -0.2) is 0 Å². The Bertz CT molecular complexity index is 1190. The van der Waals surface area contributed by atoms with Crippen LogP contribution in [-0.4, -0.2) is 73.1 Å². The molecule has 1 aromatic heterocycles. The summed E-state index contributed by atoms with van der Waals surface area (Å²) in [5.41, 5.74) is -0.637. The summed E-state index contributed by atoms with van der Waals surface area (Å²) >= 11 is 0. The fourth-order valence-corrected chi connectivity index (χ4v) is 3.47. The smallest absolute Gasteiger partial charge is 0.229 e. The molecule has 2 aromatic carbocycles. The van der Waals surface area contributed by atoms with Gasteiger partial charge >= 0.3 is 0 Å². The van der Waals surface area contributed by atoms with Crippen molar-refractivity contribution >= 4 is 11.0 Å². The van der Waals surface area contributed by atoms with E-state index in [1.807, 2.05) is 0 Å². The van der Waals surface area contributed by atoms with E-state index in [1.165, 1.54) is 24.3 Å². The molecule has 0 unspecified atom stereocenters. The van der Waals surface area contributed by atoms with Gasteiger partial charge in [-0.05, 0) is 24.3 Å². The minimum atomic E-state index is -1.68. The zero-order valence-electron chi connectivity index (χ0n) is 16.3. The third-order valence-corrected chi connectivity index (χ3v) is 5.12. The van der Waals surface area contributed by atoms with E-state index < -0.39 is 60.0 Å². The SMILES string of the molecule is O=c1cc(-c2ccc(O)cc2)oc2c(O[C@@H]3O[C@H]([C@H](O)CO)[C@H](O)[C@H]3O)c(O)cc(O)c12. The molecule has 0 saturated carbocycles. The topological polar surface area (TPSA) is 190 Å². The van der Waals surface area contributed by atoms with E-state index in [0.29, 0.717) is 5.56 Å². The lowest BCUT2D eigenvalue weighted by atomic mass is 10.1. The maximum absolute atomic E-state index is 12.7. The van der Waals surface area contributed by atoms with E-state index in [9.17, 15) is 35.4 Å². The van der Waals surface area contributed by atoms with Crippen molar-refractivity contribution in [1.29, 1.82) is 0 Å². The summed E-state index contributed by atoms with van der Waals surface area (Å²) in [5.74, 6) is -1.69. The summed E-state index contributed by atoms with van der Waals surface area (Å²) in [6, 6.07) is 7.63. The van der Waals surface area contributed by atoms with E-state index in [2.05, 4.69) is 0 Å². The molecule has 1 aliphatic heterocycles. The standard InChI is InChI=1S/C21H20O11/c22-7-13(27)18-16(28)17(29)21(31-18)32-19-12(26)5-10(24)15-11(25)6-14(30-20(15)19)8-1-3-9(23)4-2-8/h1-6,13,16-18,21-24,26-29H,7H2/t13-,16-,17-,18-,21+/m1/s1. The minimum Gasteiger partial charge on any atom is -0.508 e. The molecule has 0 bridgehead atoms. The monoisotopic (exact) mass is 448 g/mol. The van der Waals surface area contributed by atoms with Crippen molar-refractivity contribution in [2.24, 2.45) is 0 Å². The molecule has 0 radical (unpaired) electrons. The summed E-state index contributed by atoms with van der Waals surface area (Å²) in [7, 11) is 0. The molecule has 11 nitrogen and oxygen atoms in total. The Morgan fingerprint density at radius 1 is 1.00 bits per heavy atom.